The van der Waals surface area contributed by atoms with Crippen LogP contribution in [0.1, 0.15) is 20.7 Å². The van der Waals surface area contributed by atoms with Crippen molar-refractivity contribution in [2.24, 2.45) is 0 Å². The number of hydrogen-bond acceptors (Lipinski definition) is 9. The Hall–Kier alpha value is -3.27. The molecule has 0 saturated carbocycles. The third-order valence-electron chi connectivity index (χ3n) is 3.00. The molecule has 0 radical (unpaired) electrons. The maximum atomic E-state index is 11.8. The number of anilines is 2. The van der Waals surface area contributed by atoms with Gasteiger partial charge in [0.1, 0.15) is 6.33 Å². The monoisotopic (exact) mass is 366 g/mol. The van der Waals surface area contributed by atoms with E-state index in [2.05, 4.69) is 24.8 Å². The van der Waals surface area contributed by atoms with Crippen molar-refractivity contribution >= 4 is 40.7 Å². The fourth-order valence-corrected chi connectivity index (χ4v) is 2.12. The van der Waals surface area contributed by atoms with Crippen LogP contribution in [0.2, 0.25) is 5.15 Å². The molecule has 0 fully saturated rings. The molecular weight excluding hydrogens is 356 g/mol. The number of nitrogens with one attached hydrogen (secondary N) is 1. The highest BCUT2D eigenvalue weighted by Gasteiger charge is 2.22. The van der Waals surface area contributed by atoms with Gasteiger partial charge in [-0.1, -0.05) is 11.6 Å². The quantitative estimate of drug-likeness (QED) is 0.366. The van der Waals surface area contributed by atoms with Crippen molar-refractivity contribution < 1.29 is 24.0 Å². The summed E-state index contributed by atoms with van der Waals surface area (Å²) in [6.45, 7) is 0. The molecule has 1 heterocycles. The van der Waals surface area contributed by atoms with Gasteiger partial charge in [0.2, 0.25) is 11.0 Å². The molecule has 0 amide bonds. The molecule has 0 aliphatic carbocycles. The van der Waals surface area contributed by atoms with Crippen LogP contribution in [0.4, 0.5) is 17.2 Å². The van der Waals surface area contributed by atoms with E-state index >= 15 is 0 Å². The number of nitrogens with zero attached hydrogens (tertiary/aromatic N) is 3. The first-order valence-corrected chi connectivity index (χ1v) is 6.98. The predicted octanol–water partition coefficient (Wildman–Crippen LogP) is 2.36. The van der Waals surface area contributed by atoms with E-state index in [4.69, 9.17) is 11.6 Å². The second-order valence-corrected chi connectivity index (χ2v) is 4.88. The first kappa shape index (κ1) is 18.1. The van der Waals surface area contributed by atoms with Crippen molar-refractivity contribution in [2.75, 3.05) is 19.5 Å². The van der Waals surface area contributed by atoms with Gasteiger partial charge in [0.25, 0.3) is 0 Å². The lowest BCUT2D eigenvalue weighted by molar-refractivity contribution is -0.384. The zero-order valence-electron chi connectivity index (χ0n) is 13.0. The van der Waals surface area contributed by atoms with Crippen molar-refractivity contribution in [3.63, 3.8) is 0 Å². The normalized spacial score (nSPS) is 10.0. The van der Waals surface area contributed by atoms with Gasteiger partial charge in [-0.25, -0.2) is 19.6 Å². The number of benzene rings is 1. The van der Waals surface area contributed by atoms with Crippen LogP contribution in [-0.2, 0) is 9.47 Å². The van der Waals surface area contributed by atoms with Crippen LogP contribution in [0, 0.1) is 10.1 Å². The number of hydrogen-bond donors (Lipinski definition) is 1. The summed E-state index contributed by atoms with van der Waals surface area (Å²) in [5.74, 6) is -1.61. The molecule has 11 heteroatoms. The van der Waals surface area contributed by atoms with Crippen molar-refractivity contribution in [2.45, 2.75) is 0 Å². The number of carbonyl (C=O) groups excluding carboxylic acids is 2. The lowest BCUT2D eigenvalue weighted by atomic mass is 10.1. The average molecular weight is 367 g/mol. The number of carbonyl (C=O) groups is 2. The summed E-state index contributed by atoms with van der Waals surface area (Å²) in [5.41, 5.74) is -0.306. The Balaban J connectivity index is 2.53. The summed E-state index contributed by atoms with van der Waals surface area (Å²) in [4.78, 5) is 41.2. The SMILES string of the molecule is COC(=O)c1cc(Nc2ncnc(Cl)c2[N+](=O)[O-])cc(C(=O)OC)c1. The molecule has 25 heavy (non-hydrogen) atoms. The van der Waals surface area contributed by atoms with Crippen molar-refractivity contribution in [3.05, 3.63) is 50.9 Å². The summed E-state index contributed by atoms with van der Waals surface area (Å²) in [7, 11) is 2.35. The molecule has 2 rings (SSSR count). The van der Waals surface area contributed by atoms with E-state index in [1.807, 2.05) is 0 Å². The Morgan fingerprint density at radius 3 is 2.16 bits per heavy atom. The van der Waals surface area contributed by atoms with Crippen LogP contribution < -0.4 is 5.32 Å². The Bertz CT molecular complexity index is 823. The zero-order chi connectivity index (χ0) is 18.6. The molecule has 2 aromatic rings. The van der Waals surface area contributed by atoms with Crippen molar-refractivity contribution in [1.82, 2.24) is 9.97 Å². The standard InChI is InChI=1S/C14H11ClN4O6/c1-24-13(20)7-3-8(14(21)25-2)5-9(4-7)18-12-10(19(22)23)11(15)16-6-17-12/h3-6H,1-2H3,(H,16,17,18). The summed E-state index contributed by atoms with van der Waals surface area (Å²) < 4.78 is 9.23. The van der Waals surface area contributed by atoms with Gasteiger partial charge in [0, 0.05) is 5.69 Å². The van der Waals surface area contributed by atoms with Crippen LogP contribution in [-0.4, -0.2) is 41.0 Å². The Kier molecular flexibility index (Phi) is 5.45. The molecule has 0 aliphatic rings. The first-order valence-electron chi connectivity index (χ1n) is 6.61. The minimum absolute atomic E-state index is 0.0377. The third-order valence-corrected chi connectivity index (χ3v) is 3.27. The van der Waals surface area contributed by atoms with Gasteiger partial charge in [0.15, 0.2) is 0 Å². The molecular formula is C14H11ClN4O6. The number of esters is 2. The maximum absolute atomic E-state index is 11.8. The van der Waals surface area contributed by atoms with Crippen LogP contribution in [0.3, 0.4) is 0 Å². The number of methoxy groups -OCH3 is 2. The van der Waals surface area contributed by atoms with Gasteiger partial charge < -0.3 is 14.8 Å². The Morgan fingerprint density at radius 2 is 1.68 bits per heavy atom. The maximum Gasteiger partial charge on any atom is 0.348 e. The summed E-state index contributed by atoms with van der Waals surface area (Å²) in [5, 5.41) is 13.4. The van der Waals surface area contributed by atoms with Gasteiger partial charge >= 0.3 is 17.6 Å². The largest absolute Gasteiger partial charge is 0.465 e. The highest BCUT2D eigenvalue weighted by atomic mass is 35.5. The van der Waals surface area contributed by atoms with E-state index in [1.54, 1.807) is 0 Å². The lowest BCUT2D eigenvalue weighted by Crippen LogP contribution is -2.08. The minimum atomic E-state index is -0.754. The fraction of sp³-hybridized carbons (Fsp3) is 0.143. The van der Waals surface area contributed by atoms with Gasteiger partial charge in [-0.3, -0.25) is 10.1 Å². The van der Waals surface area contributed by atoms with E-state index < -0.39 is 22.5 Å². The van der Waals surface area contributed by atoms with Gasteiger partial charge in [0.05, 0.1) is 30.3 Å². The number of aromatic nitrogens is 2. The molecule has 0 bridgehead atoms. The summed E-state index contributed by atoms with van der Waals surface area (Å²) >= 11 is 5.72. The number of halogens is 1. The van der Waals surface area contributed by atoms with Gasteiger partial charge in [-0.2, -0.15) is 0 Å². The van der Waals surface area contributed by atoms with E-state index in [-0.39, 0.29) is 27.8 Å². The fourth-order valence-electron chi connectivity index (χ4n) is 1.92. The van der Waals surface area contributed by atoms with E-state index in [1.165, 1.54) is 32.4 Å². The predicted molar refractivity (Wildman–Crippen MR) is 86.1 cm³/mol. The number of rotatable bonds is 5. The van der Waals surface area contributed by atoms with Crippen LogP contribution in [0.15, 0.2) is 24.5 Å². The topological polar surface area (TPSA) is 134 Å². The number of nitro groups is 1. The van der Waals surface area contributed by atoms with Crippen LogP contribution in [0.5, 0.6) is 0 Å². The summed E-state index contributed by atoms with van der Waals surface area (Å²) in [6.07, 6.45) is 1.03. The van der Waals surface area contributed by atoms with Crippen LogP contribution >= 0.6 is 11.6 Å². The molecule has 130 valence electrons. The van der Waals surface area contributed by atoms with Crippen molar-refractivity contribution in [3.8, 4) is 0 Å². The molecule has 0 aliphatic heterocycles. The van der Waals surface area contributed by atoms with Crippen LogP contribution in [0.25, 0.3) is 0 Å². The van der Waals surface area contributed by atoms with Crippen molar-refractivity contribution in [1.29, 1.82) is 0 Å². The molecule has 0 atom stereocenters. The minimum Gasteiger partial charge on any atom is -0.465 e. The van der Waals surface area contributed by atoms with E-state index in [9.17, 15) is 19.7 Å². The highest BCUT2D eigenvalue weighted by molar-refractivity contribution is 6.31. The second-order valence-electron chi connectivity index (χ2n) is 4.53. The molecule has 0 unspecified atom stereocenters. The Labute approximate surface area is 145 Å². The first-order chi connectivity index (χ1) is 11.9. The lowest BCUT2D eigenvalue weighted by Gasteiger charge is -2.10. The average Bonchev–Trinajstić information content (AvgIpc) is 2.59. The van der Waals surface area contributed by atoms with Gasteiger partial charge in [-0.05, 0) is 18.2 Å². The molecule has 0 saturated heterocycles. The smallest absolute Gasteiger partial charge is 0.348 e. The molecule has 1 N–H and O–H groups in total. The molecule has 0 spiro atoms. The van der Waals surface area contributed by atoms with E-state index in [0.717, 1.165) is 6.33 Å². The number of ether oxygens (including phenoxy) is 2. The Morgan fingerprint density at radius 1 is 1.12 bits per heavy atom. The summed E-state index contributed by atoms with van der Waals surface area (Å²) in [6, 6.07) is 3.93. The molecule has 1 aromatic carbocycles. The second kappa shape index (κ2) is 7.53. The highest BCUT2D eigenvalue weighted by Crippen LogP contribution is 2.31. The van der Waals surface area contributed by atoms with E-state index in [0.29, 0.717) is 0 Å². The molecule has 1 aromatic heterocycles. The third kappa shape index (κ3) is 3.98. The zero-order valence-corrected chi connectivity index (χ0v) is 13.7. The van der Waals surface area contributed by atoms with Gasteiger partial charge in [-0.15, -0.1) is 0 Å². The molecule has 10 nitrogen and oxygen atoms in total.